The zero-order valence-electron chi connectivity index (χ0n) is 11.3. The molecule has 3 nitrogen and oxygen atoms in total. The standard InChI is InChI=1S/C15H19NO2Si/c1-19(9-5-2-6-10-19)11-16-14(17)12-7-3-4-8-13(12)15(16)18/h3-4,7-8H,2,5-6,9-11H2,1H3. The third kappa shape index (κ3) is 2.14. The number of amides is 2. The van der Waals surface area contributed by atoms with Gasteiger partial charge in [-0.25, -0.2) is 0 Å². The van der Waals surface area contributed by atoms with Crippen LogP contribution in [0.1, 0.15) is 40.0 Å². The predicted octanol–water partition coefficient (Wildman–Crippen LogP) is 3.08. The van der Waals surface area contributed by atoms with Crippen molar-refractivity contribution in [3.05, 3.63) is 35.4 Å². The van der Waals surface area contributed by atoms with Crippen molar-refractivity contribution in [2.45, 2.75) is 37.9 Å². The molecule has 2 aliphatic heterocycles. The lowest BCUT2D eigenvalue weighted by molar-refractivity contribution is 0.0677. The SMILES string of the molecule is C[Si]1(CN2C(=O)c3ccccc3C2=O)CCCCC1. The number of carbonyl (C=O) groups excluding carboxylic acids is 2. The minimum absolute atomic E-state index is 0.0834. The smallest absolute Gasteiger partial charge is 0.261 e. The summed E-state index contributed by atoms with van der Waals surface area (Å²) in [5.41, 5.74) is 1.17. The van der Waals surface area contributed by atoms with Gasteiger partial charge in [0, 0.05) is 6.17 Å². The van der Waals surface area contributed by atoms with Crippen molar-refractivity contribution < 1.29 is 9.59 Å². The van der Waals surface area contributed by atoms with Gasteiger partial charge in [0.1, 0.15) is 0 Å². The van der Waals surface area contributed by atoms with E-state index in [0.717, 1.165) is 0 Å². The first kappa shape index (κ1) is 12.6. The molecule has 0 radical (unpaired) electrons. The van der Waals surface area contributed by atoms with E-state index in [1.54, 1.807) is 12.1 Å². The Hall–Kier alpha value is -1.42. The number of rotatable bonds is 2. The van der Waals surface area contributed by atoms with Gasteiger partial charge in [-0.1, -0.05) is 50.0 Å². The Balaban J connectivity index is 1.84. The maximum atomic E-state index is 12.4. The summed E-state index contributed by atoms with van der Waals surface area (Å²) in [5.74, 6) is -0.167. The third-order valence-electron chi connectivity index (χ3n) is 4.48. The summed E-state index contributed by atoms with van der Waals surface area (Å²) in [6.07, 6.45) is 4.56. The molecular formula is C15H19NO2Si. The monoisotopic (exact) mass is 273 g/mol. The van der Waals surface area contributed by atoms with Crippen LogP contribution in [0.3, 0.4) is 0 Å². The number of imide groups is 1. The predicted molar refractivity (Wildman–Crippen MR) is 76.9 cm³/mol. The molecule has 0 aromatic heterocycles. The van der Waals surface area contributed by atoms with Crippen molar-refractivity contribution >= 4 is 19.9 Å². The molecule has 1 aromatic rings. The summed E-state index contributed by atoms with van der Waals surface area (Å²) in [6.45, 7) is 2.34. The highest BCUT2D eigenvalue weighted by Crippen LogP contribution is 2.31. The van der Waals surface area contributed by atoms with Gasteiger partial charge in [-0.05, 0) is 12.1 Å². The van der Waals surface area contributed by atoms with Crippen LogP contribution in [0.4, 0.5) is 0 Å². The number of benzene rings is 1. The molecule has 2 aliphatic rings. The molecule has 2 heterocycles. The molecule has 0 atom stereocenters. The average Bonchev–Trinajstić information content (AvgIpc) is 2.65. The van der Waals surface area contributed by atoms with E-state index < -0.39 is 8.07 Å². The fourth-order valence-electron chi connectivity index (χ4n) is 3.33. The highest BCUT2D eigenvalue weighted by atomic mass is 28.3. The van der Waals surface area contributed by atoms with E-state index in [0.29, 0.717) is 17.3 Å². The van der Waals surface area contributed by atoms with E-state index in [1.807, 2.05) is 12.1 Å². The summed E-state index contributed by atoms with van der Waals surface area (Å²) in [4.78, 5) is 26.2. The van der Waals surface area contributed by atoms with Crippen molar-refractivity contribution in [2.75, 3.05) is 6.17 Å². The molecule has 0 aliphatic carbocycles. The fourth-order valence-corrected chi connectivity index (χ4v) is 7.15. The molecule has 1 aromatic carbocycles. The zero-order valence-corrected chi connectivity index (χ0v) is 12.3. The first-order chi connectivity index (χ1) is 9.11. The number of hydrogen-bond acceptors (Lipinski definition) is 2. The van der Waals surface area contributed by atoms with E-state index in [4.69, 9.17) is 0 Å². The Morgan fingerprint density at radius 2 is 1.53 bits per heavy atom. The van der Waals surface area contributed by atoms with E-state index >= 15 is 0 Å². The quantitative estimate of drug-likeness (QED) is 0.613. The lowest BCUT2D eigenvalue weighted by atomic mass is 10.1. The lowest BCUT2D eigenvalue weighted by Gasteiger charge is -2.34. The Morgan fingerprint density at radius 1 is 1.00 bits per heavy atom. The fraction of sp³-hybridized carbons (Fsp3) is 0.467. The van der Waals surface area contributed by atoms with E-state index in [2.05, 4.69) is 6.55 Å². The Bertz CT molecular complexity index is 500. The highest BCUT2D eigenvalue weighted by Gasteiger charge is 2.40. The normalized spacial score (nSPS) is 21.6. The maximum Gasteiger partial charge on any atom is 0.261 e. The molecule has 1 fully saturated rings. The van der Waals surface area contributed by atoms with Crippen LogP contribution in [0.15, 0.2) is 24.3 Å². The van der Waals surface area contributed by atoms with Crippen LogP contribution in [-0.2, 0) is 0 Å². The second-order valence-electron chi connectivity index (χ2n) is 6.11. The second-order valence-corrected chi connectivity index (χ2v) is 11.1. The van der Waals surface area contributed by atoms with Gasteiger partial charge in [-0.15, -0.1) is 0 Å². The largest absolute Gasteiger partial charge is 0.277 e. The Labute approximate surface area is 114 Å². The van der Waals surface area contributed by atoms with Crippen molar-refractivity contribution in [3.63, 3.8) is 0 Å². The van der Waals surface area contributed by atoms with Gasteiger partial charge in [0.2, 0.25) is 0 Å². The van der Waals surface area contributed by atoms with Crippen molar-refractivity contribution in [2.24, 2.45) is 0 Å². The van der Waals surface area contributed by atoms with Crippen LogP contribution in [-0.4, -0.2) is 31.0 Å². The van der Waals surface area contributed by atoms with E-state index in [1.165, 1.54) is 36.3 Å². The van der Waals surface area contributed by atoms with Crippen LogP contribution >= 0.6 is 0 Å². The molecule has 100 valence electrons. The second kappa shape index (κ2) is 4.60. The molecule has 0 saturated carbocycles. The van der Waals surface area contributed by atoms with Gasteiger partial charge in [0.25, 0.3) is 11.8 Å². The molecule has 0 N–H and O–H groups in total. The molecule has 19 heavy (non-hydrogen) atoms. The summed E-state index contributed by atoms with van der Waals surface area (Å²) >= 11 is 0. The molecule has 3 rings (SSSR count). The number of nitrogens with zero attached hydrogens (tertiary/aromatic N) is 1. The Morgan fingerprint density at radius 3 is 2.05 bits per heavy atom. The highest BCUT2D eigenvalue weighted by molar-refractivity contribution is 6.79. The van der Waals surface area contributed by atoms with Crippen LogP contribution in [0.25, 0.3) is 0 Å². The number of carbonyl (C=O) groups is 2. The van der Waals surface area contributed by atoms with Crippen LogP contribution in [0.2, 0.25) is 18.6 Å². The summed E-state index contributed by atoms with van der Waals surface area (Å²) in [5, 5.41) is 0. The van der Waals surface area contributed by atoms with Gasteiger partial charge in [-0.3, -0.25) is 14.5 Å². The van der Waals surface area contributed by atoms with Gasteiger partial charge in [-0.2, -0.15) is 0 Å². The number of fused-ring (bicyclic) bond motifs is 1. The first-order valence-electron chi connectivity index (χ1n) is 7.06. The van der Waals surface area contributed by atoms with Crippen LogP contribution in [0, 0.1) is 0 Å². The first-order valence-corrected chi connectivity index (χ1v) is 10.2. The lowest BCUT2D eigenvalue weighted by Crippen LogP contribution is -2.48. The molecular weight excluding hydrogens is 254 g/mol. The van der Waals surface area contributed by atoms with Crippen molar-refractivity contribution in [3.8, 4) is 0 Å². The van der Waals surface area contributed by atoms with Gasteiger partial charge < -0.3 is 0 Å². The van der Waals surface area contributed by atoms with E-state index in [9.17, 15) is 9.59 Å². The molecule has 2 amide bonds. The number of hydrogen-bond donors (Lipinski definition) is 0. The molecule has 0 bridgehead atoms. The molecule has 1 saturated heterocycles. The van der Waals surface area contributed by atoms with Crippen molar-refractivity contribution in [1.82, 2.24) is 4.90 Å². The summed E-state index contributed by atoms with van der Waals surface area (Å²) in [7, 11) is -1.44. The molecule has 0 spiro atoms. The zero-order chi connectivity index (χ0) is 13.5. The summed E-state index contributed by atoms with van der Waals surface area (Å²) in [6, 6.07) is 9.68. The Kier molecular flexibility index (Phi) is 3.05. The third-order valence-corrected chi connectivity index (χ3v) is 8.68. The minimum atomic E-state index is -1.44. The minimum Gasteiger partial charge on any atom is -0.277 e. The van der Waals surface area contributed by atoms with Gasteiger partial charge >= 0.3 is 0 Å². The topological polar surface area (TPSA) is 37.4 Å². The maximum absolute atomic E-state index is 12.4. The molecule has 0 unspecified atom stereocenters. The van der Waals surface area contributed by atoms with Crippen LogP contribution in [0.5, 0.6) is 0 Å². The van der Waals surface area contributed by atoms with Gasteiger partial charge in [0.15, 0.2) is 0 Å². The summed E-state index contributed by atoms with van der Waals surface area (Å²) < 4.78 is 0. The average molecular weight is 273 g/mol. The molecule has 4 heteroatoms. The van der Waals surface area contributed by atoms with Crippen molar-refractivity contribution in [1.29, 1.82) is 0 Å². The van der Waals surface area contributed by atoms with Gasteiger partial charge in [0.05, 0.1) is 19.2 Å². The van der Waals surface area contributed by atoms with E-state index in [-0.39, 0.29) is 11.8 Å². The van der Waals surface area contributed by atoms with Crippen LogP contribution < -0.4 is 0 Å².